The Hall–Kier alpha value is -1.97. The van der Waals surface area contributed by atoms with Crippen molar-refractivity contribution in [1.29, 1.82) is 0 Å². The zero-order valence-electron chi connectivity index (χ0n) is 8.30. The van der Waals surface area contributed by atoms with Crippen LogP contribution in [0.25, 0.3) is 11.0 Å². The van der Waals surface area contributed by atoms with Gasteiger partial charge in [-0.15, -0.1) is 0 Å². The van der Waals surface area contributed by atoms with Gasteiger partial charge in [-0.05, 0) is 25.1 Å². The monoisotopic (exact) mass is 202 g/mol. The standard InChI is InChI=1S/C11H10N2O2/c1-8-2-3-9-4-5-10(15)13(6-7-14)11(9)12-8/h2-5,7H,6H2,1H3. The van der Waals surface area contributed by atoms with E-state index < -0.39 is 0 Å². The zero-order valence-corrected chi connectivity index (χ0v) is 8.30. The van der Waals surface area contributed by atoms with Crippen LogP contribution in [0.2, 0.25) is 0 Å². The first-order valence-electron chi connectivity index (χ1n) is 4.63. The summed E-state index contributed by atoms with van der Waals surface area (Å²) in [6, 6.07) is 6.92. The summed E-state index contributed by atoms with van der Waals surface area (Å²) >= 11 is 0. The first-order valence-corrected chi connectivity index (χ1v) is 4.63. The Labute approximate surface area is 86.2 Å². The molecule has 0 saturated heterocycles. The summed E-state index contributed by atoms with van der Waals surface area (Å²) in [6.07, 6.45) is 0.699. The highest BCUT2D eigenvalue weighted by Gasteiger charge is 2.03. The lowest BCUT2D eigenvalue weighted by Crippen LogP contribution is -2.20. The van der Waals surface area contributed by atoms with Crippen LogP contribution in [-0.2, 0) is 11.3 Å². The van der Waals surface area contributed by atoms with Crippen LogP contribution in [0.1, 0.15) is 5.69 Å². The van der Waals surface area contributed by atoms with E-state index in [1.165, 1.54) is 10.6 Å². The molecule has 0 unspecified atom stereocenters. The molecule has 0 bridgehead atoms. The van der Waals surface area contributed by atoms with Crippen molar-refractivity contribution in [1.82, 2.24) is 9.55 Å². The molecular weight excluding hydrogens is 192 g/mol. The third-order valence-electron chi connectivity index (χ3n) is 2.23. The van der Waals surface area contributed by atoms with E-state index in [1.54, 1.807) is 6.07 Å². The van der Waals surface area contributed by atoms with Crippen LogP contribution >= 0.6 is 0 Å². The van der Waals surface area contributed by atoms with E-state index in [9.17, 15) is 9.59 Å². The number of fused-ring (bicyclic) bond motifs is 1. The van der Waals surface area contributed by atoms with Crippen molar-refractivity contribution in [2.24, 2.45) is 0 Å². The molecule has 0 aliphatic heterocycles. The molecule has 0 amide bonds. The van der Waals surface area contributed by atoms with Gasteiger partial charge < -0.3 is 4.79 Å². The summed E-state index contributed by atoms with van der Waals surface area (Å²) in [5.74, 6) is 0. The van der Waals surface area contributed by atoms with Crippen molar-refractivity contribution >= 4 is 17.3 Å². The number of nitrogens with zero attached hydrogens (tertiary/aromatic N) is 2. The minimum atomic E-state index is -0.201. The fourth-order valence-electron chi connectivity index (χ4n) is 1.51. The summed E-state index contributed by atoms with van der Waals surface area (Å²) in [6.45, 7) is 1.90. The second-order valence-electron chi connectivity index (χ2n) is 3.31. The van der Waals surface area contributed by atoms with Crippen LogP contribution in [0.5, 0.6) is 0 Å². The van der Waals surface area contributed by atoms with Gasteiger partial charge in [-0.1, -0.05) is 0 Å². The van der Waals surface area contributed by atoms with Crippen LogP contribution < -0.4 is 5.56 Å². The van der Waals surface area contributed by atoms with Crippen LogP contribution in [0.15, 0.2) is 29.1 Å². The Morgan fingerprint density at radius 3 is 2.80 bits per heavy atom. The Kier molecular flexibility index (Phi) is 2.33. The molecule has 2 rings (SSSR count). The maximum atomic E-state index is 11.5. The number of pyridine rings is 2. The van der Waals surface area contributed by atoms with Crippen LogP contribution in [0.3, 0.4) is 0 Å². The smallest absolute Gasteiger partial charge is 0.252 e. The Balaban J connectivity index is 2.84. The first-order chi connectivity index (χ1) is 7.22. The average molecular weight is 202 g/mol. The Bertz CT molecular complexity index is 572. The van der Waals surface area contributed by atoms with Gasteiger partial charge in [0, 0.05) is 17.1 Å². The van der Waals surface area contributed by atoms with E-state index in [1.807, 2.05) is 19.1 Å². The molecule has 0 radical (unpaired) electrons. The summed E-state index contributed by atoms with van der Waals surface area (Å²) in [7, 11) is 0. The molecule has 2 aromatic heterocycles. The molecule has 0 saturated carbocycles. The number of aryl methyl sites for hydroxylation is 1. The number of hydrogen-bond acceptors (Lipinski definition) is 3. The van der Waals surface area contributed by atoms with Gasteiger partial charge >= 0.3 is 0 Å². The van der Waals surface area contributed by atoms with E-state index in [-0.39, 0.29) is 12.1 Å². The van der Waals surface area contributed by atoms with Gasteiger partial charge in [0.1, 0.15) is 11.9 Å². The van der Waals surface area contributed by atoms with Gasteiger partial charge in [0.15, 0.2) is 0 Å². The normalized spacial score (nSPS) is 10.5. The molecule has 15 heavy (non-hydrogen) atoms. The number of aldehydes is 1. The number of rotatable bonds is 2. The number of aromatic nitrogens is 2. The highest BCUT2D eigenvalue weighted by atomic mass is 16.1. The predicted octanol–water partition coefficient (Wildman–Crippen LogP) is 0.904. The average Bonchev–Trinajstić information content (AvgIpc) is 2.23. The number of carbonyl (C=O) groups is 1. The Morgan fingerprint density at radius 1 is 1.33 bits per heavy atom. The van der Waals surface area contributed by atoms with Crippen molar-refractivity contribution < 1.29 is 4.79 Å². The Morgan fingerprint density at radius 2 is 2.07 bits per heavy atom. The lowest BCUT2D eigenvalue weighted by molar-refractivity contribution is -0.108. The molecule has 76 valence electrons. The van der Waals surface area contributed by atoms with Crippen molar-refractivity contribution in [2.45, 2.75) is 13.5 Å². The van der Waals surface area contributed by atoms with E-state index in [4.69, 9.17) is 0 Å². The van der Waals surface area contributed by atoms with E-state index in [2.05, 4.69) is 4.98 Å². The first kappa shape index (κ1) is 9.58. The highest BCUT2D eigenvalue weighted by Crippen LogP contribution is 2.09. The molecule has 2 aromatic rings. The second-order valence-corrected chi connectivity index (χ2v) is 3.31. The molecule has 2 heterocycles. The molecule has 0 aliphatic rings. The maximum absolute atomic E-state index is 11.5. The van der Waals surface area contributed by atoms with Crippen LogP contribution in [-0.4, -0.2) is 15.8 Å². The van der Waals surface area contributed by atoms with Gasteiger partial charge in [-0.3, -0.25) is 9.36 Å². The molecule has 0 spiro atoms. The summed E-state index contributed by atoms with van der Waals surface area (Å²) in [4.78, 5) is 26.2. The molecular formula is C11H10N2O2. The molecule has 0 aliphatic carbocycles. The molecule has 4 nitrogen and oxygen atoms in total. The topological polar surface area (TPSA) is 52.0 Å². The second kappa shape index (κ2) is 3.65. The van der Waals surface area contributed by atoms with Gasteiger partial charge in [0.25, 0.3) is 5.56 Å². The van der Waals surface area contributed by atoms with Crippen molar-refractivity contribution in [3.63, 3.8) is 0 Å². The van der Waals surface area contributed by atoms with Crippen molar-refractivity contribution in [2.75, 3.05) is 0 Å². The third-order valence-corrected chi connectivity index (χ3v) is 2.23. The maximum Gasteiger partial charge on any atom is 0.252 e. The van der Waals surface area contributed by atoms with E-state index in [0.29, 0.717) is 11.9 Å². The van der Waals surface area contributed by atoms with Gasteiger partial charge in [0.05, 0.1) is 6.54 Å². The largest absolute Gasteiger partial charge is 0.301 e. The minimum Gasteiger partial charge on any atom is -0.301 e. The molecule has 0 fully saturated rings. The number of hydrogen-bond donors (Lipinski definition) is 0. The van der Waals surface area contributed by atoms with E-state index in [0.717, 1.165) is 11.1 Å². The predicted molar refractivity (Wildman–Crippen MR) is 56.8 cm³/mol. The molecule has 4 heteroatoms. The number of carbonyl (C=O) groups excluding carboxylic acids is 1. The van der Waals surface area contributed by atoms with Gasteiger partial charge in [-0.25, -0.2) is 4.98 Å². The lowest BCUT2D eigenvalue weighted by Gasteiger charge is -2.05. The fourth-order valence-corrected chi connectivity index (χ4v) is 1.51. The van der Waals surface area contributed by atoms with E-state index >= 15 is 0 Å². The summed E-state index contributed by atoms with van der Waals surface area (Å²) in [5.41, 5.74) is 1.19. The molecule has 0 aromatic carbocycles. The minimum absolute atomic E-state index is 0.0482. The van der Waals surface area contributed by atoms with Crippen LogP contribution in [0.4, 0.5) is 0 Å². The fraction of sp³-hybridized carbons (Fsp3) is 0.182. The zero-order chi connectivity index (χ0) is 10.8. The molecule has 0 atom stereocenters. The van der Waals surface area contributed by atoms with Gasteiger partial charge in [-0.2, -0.15) is 0 Å². The lowest BCUT2D eigenvalue weighted by atomic mass is 10.2. The summed E-state index contributed by atoms with van der Waals surface area (Å²) in [5, 5.41) is 0.863. The highest BCUT2D eigenvalue weighted by molar-refractivity contribution is 5.75. The van der Waals surface area contributed by atoms with Crippen molar-refractivity contribution in [3.05, 3.63) is 40.3 Å². The summed E-state index contributed by atoms with van der Waals surface area (Å²) < 4.78 is 1.37. The van der Waals surface area contributed by atoms with Gasteiger partial charge in [0.2, 0.25) is 0 Å². The third kappa shape index (κ3) is 1.66. The molecule has 0 N–H and O–H groups in total. The van der Waals surface area contributed by atoms with Crippen LogP contribution in [0, 0.1) is 6.92 Å². The SMILES string of the molecule is Cc1ccc2ccc(=O)n(CC=O)c2n1. The quantitative estimate of drug-likeness (QED) is 0.680. The van der Waals surface area contributed by atoms with Crippen molar-refractivity contribution in [3.8, 4) is 0 Å².